The molecular weight excluding hydrogens is 1610 g/mol. The van der Waals surface area contributed by atoms with Gasteiger partial charge in [0.05, 0.1) is 50.7 Å². The van der Waals surface area contributed by atoms with Crippen molar-refractivity contribution in [2.75, 3.05) is 7.11 Å². The molecule has 0 aliphatic heterocycles. The van der Waals surface area contributed by atoms with Gasteiger partial charge >= 0.3 is 11.0 Å². The van der Waals surface area contributed by atoms with Gasteiger partial charge in [-0.15, -0.1) is 26.3 Å². The molecular formula is C107H98F6OS6+6. The lowest BCUT2D eigenvalue weighted by molar-refractivity contribution is -0.0379. The van der Waals surface area contributed by atoms with Crippen LogP contribution in [0, 0.1) is 41.5 Å². The summed E-state index contributed by atoms with van der Waals surface area (Å²) in [5.41, 5.74) is -0.519. The third kappa shape index (κ3) is 26.0. The van der Waals surface area contributed by atoms with E-state index in [1.807, 2.05) is 0 Å². The lowest BCUT2D eigenvalue weighted by atomic mass is 10.1. The zero-order chi connectivity index (χ0) is 84.6. The van der Waals surface area contributed by atoms with Crippen LogP contribution >= 0.6 is 0 Å². The first-order valence-corrected chi connectivity index (χ1v) is 46.7. The van der Waals surface area contributed by atoms with Crippen molar-refractivity contribution in [1.82, 2.24) is 0 Å². The molecule has 16 aromatic rings. The molecule has 0 saturated carbocycles. The van der Waals surface area contributed by atoms with Crippen molar-refractivity contribution in [3.8, 4) is 5.75 Å². The molecule has 604 valence electrons. The molecule has 1 atom stereocenters. The number of methoxy groups -OCH3 is 1. The smallest absolute Gasteiger partial charge is 0.496 e. The second-order valence-corrected chi connectivity index (χ2v) is 39.8. The van der Waals surface area contributed by atoms with Crippen LogP contribution in [0.25, 0.3) is 0 Å². The van der Waals surface area contributed by atoms with Gasteiger partial charge in [0, 0.05) is 12.1 Å². The Kier molecular flexibility index (Phi) is 34.0. The molecule has 120 heavy (non-hydrogen) atoms. The average Bonchev–Trinajstić information content (AvgIpc) is 0.772. The zero-order valence-corrected chi connectivity index (χ0v) is 73.3. The molecule has 0 bridgehead atoms. The Morgan fingerprint density at radius 2 is 0.367 bits per heavy atom. The molecule has 0 radical (unpaired) electrons. The van der Waals surface area contributed by atoms with Crippen molar-refractivity contribution in [2.45, 2.75) is 144 Å². The monoisotopic (exact) mass is 1700 g/mol. The van der Waals surface area contributed by atoms with Crippen LogP contribution in [0.15, 0.2) is 515 Å². The van der Waals surface area contributed by atoms with Gasteiger partial charge in [-0.3, -0.25) is 0 Å². The third-order valence-corrected chi connectivity index (χ3v) is 31.5. The number of aryl methyl sites for hydroxylation is 7. The van der Waals surface area contributed by atoms with Gasteiger partial charge in [0.2, 0.25) is 0 Å². The van der Waals surface area contributed by atoms with E-state index >= 15 is 0 Å². The first kappa shape index (κ1) is 89.8. The zero-order valence-electron chi connectivity index (χ0n) is 68.4. The number of hydrogen-bond donors (Lipinski definition) is 0. The molecule has 0 aliphatic carbocycles. The van der Waals surface area contributed by atoms with Gasteiger partial charge in [-0.05, 0) is 247 Å². The summed E-state index contributed by atoms with van der Waals surface area (Å²) in [6.07, 6.45) is 1.09. The molecule has 0 fully saturated rings. The minimum absolute atomic E-state index is 0.0146. The van der Waals surface area contributed by atoms with Gasteiger partial charge in [-0.1, -0.05) is 272 Å². The first-order valence-electron chi connectivity index (χ1n) is 39.3. The van der Waals surface area contributed by atoms with Crippen LogP contribution in [0.4, 0.5) is 26.3 Å². The summed E-state index contributed by atoms with van der Waals surface area (Å²) in [5, 5.41) is 0. The Hall–Kier alpha value is -11.0. The second-order valence-electron chi connectivity index (χ2n) is 27.7. The molecule has 16 rings (SSSR count). The Labute approximate surface area is 723 Å². The lowest BCUT2D eigenvalue weighted by Crippen LogP contribution is -2.24. The van der Waals surface area contributed by atoms with Gasteiger partial charge < -0.3 is 4.74 Å². The molecule has 0 aromatic heterocycles. The van der Waals surface area contributed by atoms with Crippen LogP contribution in [0.2, 0.25) is 0 Å². The predicted molar refractivity (Wildman–Crippen MR) is 496 cm³/mol. The Morgan fingerprint density at radius 1 is 0.208 bits per heavy atom. The number of benzene rings is 16. The highest BCUT2D eigenvalue weighted by atomic mass is 32.2. The Bertz CT molecular complexity index is 5280. The quantitative estimate of drug-likeness (QED) is 0.0615. The van der Waals surface area contributed by atoms with Crippen molar-refractivity contribution in [3.63, 3.8) is 0 Å². The van der Waals surface area contributed by atoms with E-state index in [-0.39, 0.29) is 53.4 Å². The highest BCUT2D eigenvalue weighted by Gasteiger charge is 2.56. The fraction of sp³-hybridized carbons (Fsp3) is 0.103. The average molecular weight is 1710 g/mol. The first-order chi connectivity index (χ1) is 58.2. The largest absolute Gasteiger partial charge is 0.586 e. The van der Waals surface area contributed by atoms with Gasteiger partial charge in [-0.25, -0.2) is 0 Å². The van der Waals surface area contributed by atoms with Crippen LogP contribution in [0.1, 0.15) is 45.9 Å². The van der Waals surface area contributed by atoms with Crippen LogP contribution in [-0.2, 0) is 71.8 Å². The van der Waals surface area contributed by atoms with E-state index in [2.05, 4.69) is 368 Å². The Balaban J connectivity index is 0.000000141. The maximum Gasteiger partial charge on any atom is 0.586 e. The predicted octanol–water partition coefficient (Wildman–Crippen LogP) is 30.0. The summed E-state index contributed by atoms with van der Waals surface area (Å²) >= 11 is 0. The molecule has 1 unspecified atom stereocenters. The topological polar surface area (TPSA) is 9.23 Å². The highest BCUT2D eigenvalue weighted by Crippen LogP contribution is 2.43. The molecule has 0 spiro atoms. The molecule has 0 N–H and O–H groups in total. The lowest BCUT2D eigenvalue weighted by Gasteiger charge is -2.13. The standard InChI is InChI=1S/C21H21S.C20H19S.C19H17S.C18H15S.C16H16F3OS.C13H10F3S/c1-16-4-10-19(11-5-16)22(20-12-6-17(2)7-13-20)21-14-8-18(3)9-15-21;1-2-17-13-15-20(16-14-17)21(18-9-5-3-6-10-18)19-11-7-4-8-12-19;1-16-12-14-19(15-13-16)20(17-8-4-2-5-9-17)18-10-6-3-7-11-18;1-4-10-16(11-5-1)19(17-12-6-2-7-13-17)18-14-8-3-9-15-18;1-11-9-14(10-12(2)15(11)20-3)21(16(17,18)19)13-7-5-4-6-8-13;14-13(15,16)17(11-7-3-1-4-8-11)12-9-5-2-6-10-12/h4-15H,1-3H3;3-16H,2H2,1H3;2-15H,1H3;1-15H;4-10H,1-3H3;1-10H/q6*+1. The van der Waals surface area contributed by atoms with E-state index in [0.717, 1.165) is 6.42 Å². The second kappa shape index (κ2) is 45.4. The van der Waals surface area contributed by atoms with Gasteiger partial charge in [-0.2, -0.15) is 0 Å². The fourth-order valence-corrected chi connectivity index (χ4v) is 24.7. The van der Waals surface area contributed by atoms with Crippen molar-refractivity contribution in [3.05, 3.63) is 476 Å². The van der Waals surface area contributed by atoms with Crippen molar-refractivity contribution in [1.29, 1.82) is 0 Å². The van der Waals surface area contributed by atoms with Crippen LogP contribution < -0.4 is 4.74 Å². The van der Waals surface area contributed by atoms with Crippen LogP contribution in [0.3, 0.4) is 0 Å². The molecule has 0 amide bonds. The number of ether oxygens (including phenoxy) is 1. The number of hydrogen-bond acceptors (Lipinski definition) is 1. The summed E-state index contributed by atoms with van der Waals surface area (Å²) in [6.45, 7) is 14.3. The normalized spacial score (nSPS) is 11.3. The molecule has 13 heteroatoms. The van der Waals surface area contributed by atoms with E-state index in [1.54, 1.807) is 80.6 Å². The maximum absolute atomic E-state index is 13.5. The number of alkyl halides is 6. The molecule has 1 nitrogen and oxygen atoms in total. The minimum Gasteiger partial charge on any atom is -0.496 e. The third-order valence-electron chi connectivity index (χ3n) is 18.7. The van der Waals surface area contributed by atoms with Crippen LogP contribution in [0.5, 0.6) is 5.75 Å². The molecule has 16 aromatic carbocycles. The maximum atomic E-state index is 13.5. The fourth-order valence-electron chi connectivity index (χ4n) is 12.9. The molecule has 0 saturated heterocycles. The van der Waals surface area contributed by atoms with Crippen molar-refractivity contribution >= 4 is 65.4 Å². The van der Waals surface area contributed by atoms with Crippen molar-refractivity contribution < 1.29 is 31.1 Å². The SMILES string of the molecule is CCc1ccc([S+](c2ccccc2)c2ccccc2)cc1.COc1c(C)cc([S+](c2ccccc2)C(F)(F)F)cc1C.Cc1ccc([S+](c2ccc(C)cc2)c2ccc(C)cc2)cc1.Cc1ccc([S+](c2ccccc2)c2ccccc2)cc1.FC(F)(F)[S+](c1ccccc1)c1ccccc1.c1ccc([S+](c2ccccc2)c2ccccc2)cc1. The summed E-state index contributed by atoms with van der Waals surface area (Å²) in [6, 6.07) is 147. The van der Waals surface area contributed by atoms with Gasteiger partial charge in [0.15, 0.2) is 100 Å². The van der Waals surface area contributed by atoms with E-state index in [4.69, 9.17) is 4.74 Å². The summed E-state index contributed by atoms with van der Waals surface area (Å²) < 4.78 is 85.1. The van der Waals surface area contributed by atoms with Gasteiger partial charge in [0.25, 0.3) is 0 Å². The number of halogens is 6. The molecule has 0 aliphatic rings. The highest BCUT2D eigenvalue weighted by molar-refractivity contribution is 7.99. The van der Waals surface area contributed by atoms with E-state index < -0.39 is 32.8 Å². The summed E-state index contributed by atoms with van der Waals surface area (Å²) in [4.78, 5) is 17.6. The van der Waals surface area contributed by atoms with E-state index in [1.165, 1.54) is 130 Å². The van der Waals surface area contributed by atoms with Crippen LogP contribution in [-0.4, -0.2) is 18.1 Å². The minimum atomic E-state index is -4.31. The number of rotatable bonds is 18. The van der Waals surface area contributed by atoms with Gasteiger partial charge in [0.1, 0.15) is 5.75 Å². The summed E-state index contributed by atoms with van der Waals surface area (Å²) in [7, 11) is -2.40. The Morgan fingerprint density at radius 3 is 0.533 bits per heavy atom. The summed E-state index contributed by atoms with van der Waals surface area (Å²) in [5.74, 6) is 0.637. The van der Waals surface area contributed by atoms with Crippen molar-refractivity contribution in [2.24, 2.45) is 0 Å². The van der Waals surface area contributed by atoms with E-state index in [9.17, 15) is 26.3 Å². The molecule has 0 heterocycles. The van der Waals surface area contributed by atoms with E-state index in [0.29, 0.717) is 26.7 Å².